The standard InChI is InChI=1S/C11H20N4O2/c1-7-10(12-3)14-8(2)15-11(7)13-5-9(16)6-17-4/h9,16H,5-6H2,1-4H3,(H2,12,13,14,15). The zero-order chi connectivity index (χ0) is 12.8. The molecule has 96 valence electrons. The van der Waals surface area contributed by atoms with Crippen LogP contribution in [0.2, 0.25) is 0 Å². The molecule has 0 amide bonds. The van der Waals surface area contributed by atoms with Crippen LogP contribution in [0.4, 0.5) is 11.6 Å². The highest BCUT2D eigenvalue weighted by Gasteiger charge is 2.09. The van der Waals surface area contributed by atoms with Gasteiger partial charge in [-0.3, -0.25) is 0 Å². The van der Waals surface area contributed by atoms with E-state index in [1.165, 1.54) is 0 Å². The summed E-state index contributed by atoms with van der Waals surface area (Å²) >= 11 is 0. The van der Waals surface area contributed by atoms with E-state index in [0.29, 0.717) is 19.0 Å². The van der Waals surface area contributed by atoms with Gasteiger partial charge in [0.05, 0.1) is 12.7 Å². The van der Waals surface area contributed by atoms with Crippen LogP contribution in [0.1, 0.15) is 11.4 Å². The fraction of sp³-hybridized carbons (Fsp3) is 0.636. The first-order chi connectivity index (χ1) is 8.08. The van der Waals surface area contributed by atoms with Crippen molar-refractivity contribution in [1.82, 2.24) is 9.97 Å². The second kappa shape index (κ2) is 6.36. The number of rotatable bonds is 6. The van der Waals surface area contributed by atoms with Gasteiger partial charge in [0, 0.05) is 26.3 Å². The highest BCUT2D eigenvalue weighted by Crippen LogP contribution is 2.18. The summed E-state index contributed by atoms with van der Waals surface area (Å²) in [5, 5.41) is 15.7. The third kappa shape index (κ3) is 3.83. The van der Waals surface area contributed by atoms with Crippen molar-refractivity contribution < 1.29 is 9.84 Å². The SMILES string of the molecule is CNc1nc(C)nc(NCC(O)COC)c1C. The van der Waals surface area contributed by atoms with Gasteiger partial charge in [-0.05, 0) is 13.8 Å². The normalized spacial score (nSPS) is 12.3. The summed E-state index contributed by atoms with van der Waals surface area (Å²) in [6.45, 7) is 4.45. The average molecular weight is 240 g/mol. The summed E-state index contributed by atoms with van der Waals surface area (Å²) in [4.78, 5) is 8.57. The Morgan fingerprint density at radius 3 is 2.53 bits per heavy atom. The van der Waals surface area contributed by atoms with E-state index < -0.39 is 6.10 Å². The van der Waals surface area contributed by atoms with E-state index in [2.05, 4.69) is 20.6 Å². The van der Waals surface area contributed by atoms with Gasteiger partial charge in [-0.2, -0.15) is 0 Å². The molecule has 0 aromatic carbocycles. The molecule has 1 heterocycles. The van der Waals surface area contributed by atoms with Crippen LogP contribution < -0.4 is 10.6 Å². The molecular weight excluding hydrogens is 220 g/mol. The van der Waals surface area contributed by atoms with E-state index in [-0.39, 0.29) is 0 Å². The zero-order valence-electron chi connectivity index (χ0n) is 10.7. The molecule has 1 rings (SSSR count). The maximum absolute atomic E-state index is 9.55. The first kappa shape index (κ1) is 13.7. The Labute approximate surface area is 101 Å². The Morgan fingerprint density at radius 2 is 1.94 bits per heavy atom. The van der Waals surface area contributed by atoms with Crippen LogP contribution in [0.15, 0.2) is 0 Å². The lowest BCUT2D eigenvalue weighted by Gasteiger charge is -2.15. The third-order valence-electron chi connectivity index (χ3n) is 2.36. The number of nitrogens with zero attached hydrogens (tertiary/aromatic N) is 2. The maximum atomic E-state index is 9.55. The van der Waals surface area contributed by atoms with Crippen molar-refractivity contribution in [2.45, 2.75) is 20.0 Å². The van der Waals surface area contributed by atoms with Crippen LogP contribution in [-0.4, -0.2) is 48.5 Å². The Hall–Kier alpha value is -1.40. The Kier molecular flexibility index (Phi) is 5.11. The van der Waals surface area contributed by atoms with E-state index >= 15 is 0 Å². The van der Waals surface area contributed by atoms with E-state index in [0.717, 1.165) is 17.2 Å². The average Bonchev–Trinajstić information content (AvgIpc) is 2.30. The molecule has 1 aromatic rings. The number of hydrogen-bond donors (Lipinski definition) is 3. The Bertz CT molecular complexity index is 371. The monoisotopic (exact) mass is 240 g/mol. The number of aryl methyl sites for hydroxylation is 1. The topological polar surface area (TPSA) is 79.3 Å². The molecule has 0 aliphatic heterocycles. The number of ether oxygens (including phenoxy) is 1. The molecule has 6 heteroatoms. The minimum absolute atomic E-state index is 0.301. The molecule has 0 saturated heterocycles. The first-order valence-corrected chi connectivity index (χ1v) is 5.52. The maximum Gasteiger partial charge on any atom is 0.134 e. The van der Waals surface area contributed by atoms with Crippen LogP contribution in [0.3, 0.4) is 0 Å². The molecule has 0 fully saturated rings. The minimum atomic E-state index is -0.548. The summed E-state index contributed by atoms with van der Waals surface area (Å²) in [7, 11) is 3.38. The number of anilines is 2. The van der Waals surface area contributed by atoms with Crippen molar-refractivity contribution in [3.05, 3.63) is 11.4 Å². The number of hydrogen-bond acceptors (Lipinski definition) is 6. The van der Waals surface area contributed by atoms with Gasteiger partial charge in [0.25, 0.3) is 0 Å². The van der Waals surface area contributed by atoms with E-state index in [1.54, 1.807) is 7.11 Å². The second-order valence-electron chi connectivity index (χ2n) is 3.83. The third-order valence-corrected chi connectivity index (χ3v) is 2.36. The fourth-order valence-electron chi connectivity index (χ4n) is 1.51. The van der Waals surface area contributed by atoms with Gasteiger partial charge < -0.3 is 20.5 Å². The molecule has 0 bridgehead atoms. The Morgan fingerprint density at radius 1 is 1.29 bits per heavy atom. The number of nitrogens with one attached hydrogen (secondary N) is 2. The van der Waals surface area contributed by atoms with Crippen LogP contribution >= 0.6 is 0 Å². The molecule has 0 radical (unpaired) electrons. The molecule has 1 unspecified atom stereocenters. The lowest BCUT2D eigenvalue weighted by Crippen LogP contribution is -2.25. The van der Waals surface area contributed by atoms with Crippen molar-refractivity contribution in [2.75, 3.05) is 37.9 Å². The second-order valence-corrected chi connectivity index (χ2v) is 3.83. The van der Waals surface area contributed by atoms with Crippen LogP contribution in [0.5, 0.6) is 0 Å². The van der Waals surface area contributed by atoms with E-state index in [1.807, 2.05) is 20.9 Å². The summed E-state index contributed by atoms with van der Waals surface area (Å²) in [5.74, 6) is 2.21. The van der Waals surface area contributed by atoms with Gasteiger partial charge >= 0.3 is 0 Å². The smallest absolute Gasteiger partial charge is 0.134 e. The largest absolute Gasteiger partial charge is 0.389 e. The summed E-state index contributed by atoms with van der Waals surface area (Å²) in [6, 6.07) is 0. The fourth-order valence-corrected chi connectivity index (χ4v) is 1.51. The highest BCUT2D eigenvalue weighted by atomic mass is 16.5. The molecule has 0 aliphatic rings. The Balaban J connectivity index is 2.73. The lowest BCUT2D eigenvalue weighted by atomic mass is 10.3. The molecule has 1 aromatic heterocycles. The predicted molar refractivity (Wildman–Crippen MR) is 67.4 cm³/mol. The molecule has 6 nitrogen and oxygen atoms in total. The van der Waals surface area contributed by atoms with Crippen molar-refractivity contribution in [2.24, 2.45) is 0 Å². The molecule has 0 saturated carbocycles. The van der Waals surface area contributed by atoms with Crippen molar-refractivity contribution in [3.63, 3.8) is 0 Å². The van der Waals surface area contributed by atoms with Gasteiger partial charge in [0.2, 0.25) is 0 Å². The molecule has 0 aliphatic carbocycles. The number of aromatic nitrogens is 2. The van der Waals surface area contributed by atoms with Gasteiger partial charge in [0.15, 0.2) is 0 Å². The van der Waals surface area contributed by atoms with Gasteiger partial charge in [-0.15, -0.1) is 0 Å². The van der Waals surface area contributed by atoms with Gasteiger partial charge in [-0.25, -0.2) is 9.97 Å². The van der Waals surface area contributed by atoms with Crippen LogP contribution in [-0.2, 0) is 4.74 Å². The lowest BCUT2D eigenvalue weighted by molar-refractivity contribution is 0.0727. The van der Waals surface area contributed by atoms with Gasteiger partial charge in [-0.1, -0.05) is 0 Å². The first-order valence-electron chi connectivity index (χ1n) is 5.52. The van der Waals surface area contributed by atoms with Crippen LogP contribution in [0, 0.1) is 13.8 Å². The predicted octanol–water partition coefficient (Wildman–Crippen LogP) is 0.554. The minimum Gasteiger partial charge on any atom is -0.389 e. The molecular formula is C11H20N4O2. The number of aliphatic hydroxyl groups excluding tert-OH is 1. The number of aliphatic hydroxyl groups is 1. The van der Waals surface area contributed by atoms with E-state index in [9.17, 15) is 5.11 Å². The molecule has 0 spiro atoms. The number of methoxy groups -OCH3 is 1. The zero-order valence-corrected chi connectivity index (χ0v) is 10.7. The molecule has 3 N–H and O–H groups in total. The molecule has 1 atom stereocenters. The van der Waals surface area contributed by atoms with Crippen molar-refractivity contribution in [3.8, 4) is 0 Å². The van der Waals surface area contributed by atoms with Gasteiger partial charge in [0.1, 0.15) is 17.5 Å². The summed E-state index contributed by atoms with van der Waals surface area (Å²) in [5.41, 5.74) is 0.933. The van der Waals surface area contributed by atoms with Crippen molar-refractivity contribution >= 4 is 11.6 Å². The summed E-state index contributed by atoms with van der Waals surface area (Å²) < 4.78 is 4.86. The van der Waals surface area contributed by atoms with Crippen LogP contribution in [0.25, 0.3) is 0 Å². The quantitative estimate of drug-likeness (QED) is 0.674. The highest BCUT2D eigenvalue weighted by molar-refractivity contribution is 5.56. The molecule has 17 heavy (non-hydrogen) atoms. The van der Waals surface area contributed by atoms with E-state index in [4.69, 9.17) is 4.74 Å². The summed E-state index contributed by atoms with van der Waals surface area (Å²) in [6.07, 6.45) is -0.548. The van der Waals surface area contributed by atoms with Crippen molar-refractivity contribution in [1.29, 1.82) is 0 Å².